The van der Waals surface area contributed by atoms with Crippen LogP contribution in [0.25, 0.3) is 11.0 Å². The van der Waals surface area contributed by atoms with Gasteiger partial charge in [-0.05, 0) is 26.0 Å². The lowest BCUT2D eigenvalue weighted by Gasteiger charge is -2.03. The van der Waals surface area contributed by atoms with Crippen molar-refractivity contribution in [3.8, 4) is 5.75 Å². The summed E-state index contributed by atoms with van der Waals surface area (Å²) in [6.07, 6.45) is 0. The molecular formula is C12H14ClNO4. The van der Waals surface area contributed by atoms with Crippen molar-refractivity contribution in [3.63, 3.8) is 0 Å². The number of furan rings is 1. The molecule has 0 spiro atoms. The largest absolute Gasteiger partial charge is 0.506 e. The van der Waals surface area contributed by atoms with E-state index in [0.29, 0.717) is 16.7 Å². The molecule has 0 radical (unpaired) electrons. The maximum absolute atomic E-state index is 11.8. The quantitative estimate of drug-likeness (QED) is 0.498. The van der Waals surface area contributed by atoms with Crippen LogP contribution in [0.4, 0.5) is 5.69 Å². The minimum Gasteiger partial charge on any atom is -0.506 e. The molecule has 1 aromatic heterocycles. The number of esters is 1. The molecule has 0 aliphatic heterocycles. The number of ether oxygens (including phenoxy) is 1. The number of aryl methyl sites for hydroxylation is 1. The zero-order chi connectivity index (χ0) is 12.6. The van der Waals surface area contributed by atoms with E-state index in [9.17, 15) is 9.90 Å². The van der Waals surface area contributed by atoms with E-state index < -0.39 is 5.97 Å². The molecule has 0 amide bonds. The van der Waals surface area contributed by atoms with Gasteiger partial charge in [-0.15, -0.1) is 12.4 Å². The average molecular weight is 272 g/mol. The van der Waals surface area contributed by atoms with E-state index in [4.69, 9.17) is 14.9 Å². The maximum Gasteiger partial charge on any atom is 0.342 e. The van der Waals surface area contributed by atoms with Gasteiger partial charge in [0.05, 0.1) is 17.7 Å². The van der Waals surface area contributed by atoms with Crippen molar-refractivity contribution < 1.29 is 19.1 Å². The van der Waals surface area contributed by atoms with Gasteiger partial charge in [-0.2, -0.15) is 0 Å². The zero-order valence-corrected chi connectivity index (χ0v) is 10.8. The van der Waals surface area contributed by atoms with Gasteiger partial charge in [-0.25, -0.2) is 4.79 Å². The summed E-state index contributed by atoms with van der Waals surface area (Å²) in [4.78, 5) is 11.8. The number of rotatable bonds is 2. The van der Waals surface area contributed by atoms with Crippen LogP contribution in [0.1, 0.15) is 23.0 Å². The Hall–Kier alpha value is -1.88. The summed E-state index contributed by atoms with van der Waals surface area (Å²) in [6.45, 7) is 3.64. The van der Waals surface area contributed by atoms with E-state index >= 15 is 0 Å². The second-order valence-electron chi connectivity index (χ2n) is 3.63. The number of carbonyl (C=O) groups is 1. The monoisotopic (exact) mass is 271 g/mol. The van der Waals surface area contributed by atoms with Crippen LogP contribution in [-0.2, 0) is 4.74 Å². The SMILES string of the molecule is CCOC(=O)c1c(C)oc2ccc(O)c(N)c12.Cl. The van der Waals surface area contributed by atoms with Crippen molar-refractivity contribution in [1.29, 1.82) is 0 Å². The molecule has 0 aliphatic rings. The number of hydrogen-bond donors (Lipinski definition) is 2. The number of halogens is 1. The molecule has 3 N–H and O–H groups in total. The average Bonchev–Trinajstić information content (AvgIpc) is 2.61. The van der Waals surface area contributed by atoms with E-state index in [-0.39, 0.29) is 36.0 Å². The smallest absolute Gasteiger partial charge is 0.342 e. The molecule has 1 heterocycles. The van der Waals surface area contributed by atoms with Crippen molar-refractivity contribution in [2.45, 2.75) is 13.8 Å². The molecule has 0 unspecified atom stereocenters. The highest BCUT2D eigenvalue weighted by molar-refractivity contribution is 6.10. The number of hydrogen-bond acceptors (Lipinski definition) is 5. The molecule has 0 saturated heterocycles. The number of nitrogens with two attached hydrogens (primary N) is 1. The van der Waals surface area contributed by atoms with Crippen LogP contribution in [0.3, 0.4) is 0 Å². The van der Waals surface area contributed by atoms with Gasteiger partial charge in [-0.3, -0.25) is 0 Å². The third-order valence-electron chi connectivity index (χ3n) is 2.53. The summed E-state index contributed by atoms with van der Waals surface area (Å²) in [5.41, 5.74) is 6.61. The maximum atomic E-state index is 11.8. The van der Waals surface area contributed by atoms with Gasteiger partial charge in [0.1, 0.15) is 22.7 Å². The molecule has 6 heteroatoms. The highest BCUT2D eigenvalue weighted by Crippen LogP contribution is 2.35. The predicted octanol–water partition coefficient (Wildman–Crippen LogP) is 2.63. The lowest BCUT2D eigenvalue weighted by atomic mass is 10.1. The molecule has 2 rings (SSSR count). The fraction of sp³-hybridized carbons (Fsp3) is 0.250. The normalized spacial score (nSPS) is 10.1. The fourth-order valence-corrected chi connectivity index (χ4v) is 1.77. The number of nitrogen functional groups attached to an aromatic ring is 1. The molecule has 2 aromatic rings. The van der Waals surface area contributed by atoms with E-state index in [2.05, 4.69) is 0 Å². The predicted molar refractivity (Wildman–Crippen MR) is 70.2 cm³/mol. The number of benzene rings is 1. The molecule has 0 aliphatic carbocycles. The first-order chi connectivity index (χ1) is 8.06. The Labute approximate surface area is 110 Å². The Balaban J connectivity index is 0.00000162. The van der Waals surface area contributed by atoms with Gasteiger partial charge in [0.25, 0.3) is 0 Å². The van der Waals surface area contributed by atoms with Gasteiger partial charge in [-0.1, -0.05) is 0 Å². The van der Waals surface area contributed by atoms with Crippen molar-refractivity contribution >= 4 is 35.0 Å². The molecule has 98 valence electrons. The number of carbonyl (C=O) groups excluding carboxylic acids is 1. The molecule has 0 fully saturated rings. The summed E-state index contributed by atoms with van der Waals surface area (Å²) in [6, 6.07) is 2.99. The third kappa shape index (κ3) is 2.09. The topological polar surface area (TPSA) is 85.7 Å². The highest BCUT2D eigenvalue weighted by Gasteiger charge is 2.22. The summed E-state index contributed by atoms with van der Waals surface area (Å²) < 4.78 is 10.3. The summed E-state index contributed by atoms with van der Waals surface area (Å²) >= 11 is 0. The minimum atomic E-state index is -0.499. The fourth-order valence-electron chi connectivity index (χ4n) is 1.77. The van der Waals surface area contributed by atoms with E-state index in [1.807, 2.05) is 0 Å². The Morgan fingerprint density at radius 2 is 2.17 bits per heavy atom. The minimum absolute atomic E-state index is 0. The first kappa shape index (κ1) is 14.2. The van der Waals surface area contributed by atoms with Crippen molar-refractivity contribution in [1.82, 2.24) is 0 Å². The number of fused-ring (bicyclic) bond motifs is 1. The van der Waals surface area contributed by atoms with Gasteiger partial charge in [0.2, 0.25) is 0 Å². The Morgan fingerprint density at radius 1 is 1.50 bits per heavy atom. The number of anilines is 1. The highest BCUT2D eigenvalue weighted by atomic mass is 35.5. The molecular weight excluding hydrogens is 258 g/mol. The van der Waals surface area contributed by atoms with Crippen molar-refractivity contribution in [2.75, 3.05) is 12.3 Å². The molecule has 5 nitrogen and oxygen atoms in total. The Morgan fingerprint density at radius 3 is 2.78 bits per heavy atom. The van der Waals surface area contributed by atoms with Crippen molar-refractivity contribution in [2.24, 2.45) is 0 Å². The van der Waals surface area contributed by atoms with Crippen LogP contribution < -0.4 is 5.73 Å². The molecule has 0 saturated carbocycles. The van der Waals surface area contributed by atoms with Crippen LogP contribution in [0, 0.1) is 6.92 Å². The van der Waals surface area contributed by atoms with E-state index in [1.54, 1.807) is 19.9 Å². The molecule has 18 heavy (non-hydrogen) atoms. The van der Waals surface area contributed by atoms with Crippen LogP contribution in [-0.4, -0.2) is 17.7 Å². The lowest BCUT2D eigenvalue weighted by Crippen LogP contribution is -2.06. The van der Waals surface area contributed by atoms with Crippen LogP contribution >= 0.6 is 12.4 Å². The Bertz CT molecular complexity index is 591. The number of phenolic OH excluding ortho intramolecular Hbond substituents is 1. The number of phenols is 1. The number of aromatic hydroxyl groups is 1. The summed E-state index contributed by atoms with van der Waals surface area (Å²) in [5, 5.41) is 9.95. The van der Waals surface area contributed by atoms with Gasteiger partial charge >= 0.3 is 5.97 Å². The summed E-state index contributed by atoms with van der Waals surface area (Å²) in [7, 11) is 0. The van der Waals surface area contributed by atoms with Crippen LogP contribution in [0.2, 0.25) is 0 Å². The second-order valence-corrected chi connectivity index (χ2v) is 3.63. The van der Waals surface area contributed by atoms with E-state index in [1.165, 1.54) is 6.07 Å². The molecule has 1 aromatic carbocycles. The summed E-state index contributed by atoms with van der Waals surface area (Å²) in [5.74, 6) is -0.152. The van der Waals surface area contributed by atoms with E-state index in [0.717, 1.165) is 0 Å². The van der Waals surface area contributed by atoms with Gasteiger partial charge in [0.15, 0.2) is 0 Å². The van der Waals surface area contributed by atoms with Crippen LogP contribution in [0.15, 0.2) is 16.5 Å². The van der Waals surface area contributed by atoms with Gasteiger partial charge in [0, 0.05) is 0 Å². The second kappa shape index (κ2) is 5.18. The third-order valence-corrected chi connectivity index (χ3v) is 2.53. The lowest BCUT2D eigenvalue weighted by molar-refractivity contribution is 0.0526. The van der Waals surface area contributed by atoms with Crippen molar-refractivity contribution in [3.05, 3.63) is 23.5 Å². The molecule has 0 atom stereocenters. The van der Waals surface area contributed by atoms with Crippen LogP contribution in [0.5, 0.6) is 5.75 Å². The standard InChI is InChI=1S/C12H13NO4.ClH/c1-3-16-12(15)9-6(2)17-8-5-4-7(14)11(13)10(8)9;/h4-5,14H,3,13H2,1-2H3;1H. The molecule has 0 bridgehead atoms. The Kier molecular flexibility index (Phi) is 4.08. The zero-order valence-electron chi connectivity index (χ0n) is 10.0. The van der Waals surface area contributed by atoms with Gasteiger partial charge < -0.3 is 20.0 Å². The first-order valence-corrected chi connectivity index (χ1v) is 5.24. The first-order valence-electron chi connectivity index (χ1n) is 5.24.